The van der Waals surface area contributed by atoms with Crippen molar-refractivity contribution in [2.75, 3.05) is 26.4 Å². The van der Waals surface area contributed by atoms with E-state index in [1.807, 2.05) is 88.4 Å². The van der Waals surface area contributed by atoms with Gasteiger partial charge < -0.3 is 29.2 Å². The summed E-state index contributed by atoms with van der Waals surface area (Å²) in [7, 11) is 0. The zero-order valence-electron chi connectivity index (χ0n) is 20.4. The van der Waals surface area contributed by atoms with Gasteiger partial charge in [0.1, 0.15) is 12.2 Å². The van der Waals surface area contributed by atoms with E-state index in [0.717, 1.165) is 11.1 Å². The topological polar surface area (TPSA) is 77.4 Å². The maximum atomic E-state index is 9.82. The minimum atomic E-state index is -0.806. The van der Waals surface area contributed by atoms with Gasteiger partial charge in [0.15, 0.2) is 0 Å². The van der Waals surface area contributed by atoms with Crippen LogP contribution in [0.2, 0.25) is 0 Å². The molecule has 0 aliphatic heterocycles. The zero-order valence-corrected chi connectivity index (χ0v) is 20.4. The van der Waals surface area contributed by atoms with Crippen molar-refractivity contribution < 1.29 is 29.2 Å². The van der Waals surface area contributed by atoms with E-state index >= 15 is 0 Å². The number of benzene rings is 2. The third kappa shape index (κ3) is 12.5. The molecule has 2 N–H and O–H groups in total. The Bertz CT molecular complexity index is 792. The molecule has 0 aliphatic carbocycles. The minimum absolute atomic E-state index is 0.529. The van der Waals surface area contributed by atoms with Crippen molar-refractivity contribution in [2.24, 2.45) is 0 Å². The van der Waals surface area contributed by atoms with Gasteiger partial charge in [-0.25, -0.2) is 0 Å². The minimum Gasteiger partial charge on any atom is -0.376 e. The average molecular weight is 469 g/mol. The lowest BCUT2D eigenvalue weighted by molar-refractivity contribution is -0.0974. The van der Waals surface area contributed by atoms with Crippen LogP contribution in [0.1, 0.15) is 51.0 Å². The Morgan fingerprint density at radius 3 is 1.09 bits per heavy atom. The smallest absolute Gasteiger partial charge is 0.222 e. The van der Waals surface area contributed by atoms with Crippen LogP contribution in [0.5, 0.6) is 0 Å². The van der Waals surface area contributed by atoms with Gasteiger partial charge in [0.2, 0.25) is 12.6 Å². The van der Waals surface area contributed by atoms with Gasteiger partial charge in [0.05, 0.1) is 0 Å². The van der Waals surface area contributed by atoms with Gasteiger partial charge >= 0.3 is 0 Å². The zero-order chi connectivity index (χ0) is 25.0. The van der Waals surface area contributed by atoms with E-state index in [1.165, 1.54) is 0 Å². The summed E-state index contributed by atoms with van der Waals surface area (Å²) >= 11 is 0. The van der Waals surface area contributed by atoms with E-state index in [2.05, 4.69) is 23.7 Å². The van der Waals surface area contributed by atoms with Gasteiger partial charge in [-0.2, -0.15) is 0 Å². The molecule has 0 saturated heterocycles. The molecule has 2 aromatic rings. The summed E-state index contributed by atoms with van der Waals surface area (Å²) in [5, 5.41) is 19.6. The first-order valence-corrected chi connectivity index (χ1v) is 11.5. The molecule has 0 amide bonds. The summed E-state index contributed by atoms with van der Waals surface area (Å²) < 4.78 is 21.0. The molecule has 2 unspecified atom stereocenters. The average Bonchev–Trinajstić information content (AvgIpc) is 2.87. The Labute approximate surface area is 203 Å². The SMILES string of the molecule is CCOC(C#CC(O)c1ccccc1)OCC.CCOC(C#CC(O)c1ccccc1)OCC. The first-order valence-electron chi connectivity index (χ1n) is 11.5. The maximum Gasteiger partial charge on any atom is 0.222 e. The van der Waals surface area contributed by atoms with Gasteiger partial charge in [0, 0.05) is 26.4 Å². The lowest BCUT2D eigenvalue weighted by atomic mass is 10.1. The van der Waals surface area contributed by atoms with Crippen molar-refractivity contribution >= 4 is 0 Å². The van der Waals surface area contributed by atoms with Crippen molar-refractivity contribution in [2.45, 2.75) is 52.5 Å². The first kappa shape index (κ1) is 29.4. The number of hydrogen-bond donors (Lipinski definition) is 2. The highest BCUT2D eigenvalue weighted by Crippen LogP contribution is 2.11. The largest absolute Gasteiger partial charge is 0.376 e. The van der Waals surface area contributed by atoms with Gasteiger partial charge in [-0.1, -0.05) is 72.5 Å². The van der Waals surface area contributed by atoms with Gasteiger partial charge in [-0.3, -0.25) is 0 Å². The van der Waals surface area contributed by atoms with Crippen LogP contribution in [-0.4, -0.2) is 49.2 Å². The predicted molar refractivity (Wildman–Crippen MR) is 132 cm³/mol. The van der Waals surface area contributed by atoms with E-state index < -0.39 is 24.8 Å². The van der Waals surface area contributed by atoms with E-state index in [0.29, 0.717) is 26.4 Å². The van der Waals surface area contributed by atoms with Crippen molar-refractivity contribution in [3.8, 4) is 23.7 Å². The molecule has 0 bridgehead atoms. The molecular weight excluding hydrogens is 432 g/mol. The molecule has 34 heavy (non-hydrogen) atoms. The lowest BCUT2D eigenvalue weighted by Crippen LogP contribution is -2.15. The van der Waals surface area contributed by atoms with Crippen molar-refractivity contribution in [3.05, 3.63) is 71.8 Å². The fourth-order valence-corrected chi connectivity index (χ4v) is 2.60. The second-order valence-corrected chi connectivity index (χ2v) is 6.69. The molecule has 0 saturated carbocycles. The highest BCUT2D eigenvalue weighted by atomic mass is 16.7. The van der Waals surface area contributed by atoms with Crippen LogP contribution in [0.3, 0.4) is 0 Å². The van der Waals surface area contributed by atoms with Crippen molar-refractivity contribution in [1.82, 2.24) is 0 Å². The molecule has 2 atom stereocenters. The van der Waals surface area contributed by atoms with E-state index in [1.54, 1.807) is 0 Å². The third-order valence-corrected chi connectivity index (χ3v) is 4.18. The number of rotatable bonds is 10. The van der Waals surface area contributed by atoms with Crippen LogP contribution in [0.25, 0.3) is 0 Å². The highest BCUT2D eigenvalue weighted by Gasteiger charge is 2.06. The number of aliphatic hydroxyl groups is 2. The van der Waals surface area contributed by atoms with Gasteiger partial charge in [-0.15, -0.1) is 0 Å². The highest BCUT2D eigenvalue weighted by molar-refractivity contribution is 5.26. The summed E-state index contributed by atoms with van der Waals surface area (Å²) in [6.45, 7) is 9.62. The predicted octanol–water partition coefficient (Wildman–Crippen LogP) is 4.25. The molecule has 0 heterocycles. The maximum absolute atomic E-state index is 9.82. The monoisotopic (exact) mass is 468 g/mol. The van der Waals surface area contributed by atoms with Crippen LogP contribution < -0.4 is 0 Å². The Balaban J connectivity index is 0.000000340. The Hall–Kier alpha value is -2.68. The van der Waals surface area contributed by atoms with Crippen molar-refractivity contribution in [1.29, 1.82) is 0 Å². The molecule has 0 aromatic heterocycles. The normalized spacial score (nSPS) is 12.0. The summed E-state index contributed by atoms with van der Waals surface area (Å²) in [6.07, 6.45) is -2.74. The number of ether oxygens (including phenoxy) is 4. The summed E-state index contributed by atoms with van der Waals surface area (Å²) in [4.78, 5) is 0. The van der Waals surface area contributed by atoms with Crippen LogP contribution in [0.4, 0.5) is 0 Å². The molecule has 0 fully saturated rings. The molecule has 0 spiro atoms. The quantitative estimate of drug-likeness (QED) is 0.401. The Kier molecular flexibility index (Phi) is 16.2. The molecule has 0 radical (unpaired) electrons. The van der Waals surface area contributed by atoms with Gasteiger partial charge in [0.25, 0.3) is 0 Å². The van der Waals surface area contributed by atoms with E-state index in [4.69, 9.17) is 18.9 Å². The summed E-state index contributed by atoms with van der Waals surface area (Å²) in [5.74, 6) is 11.0. The number of hydrogen-bond acceptors (Lipinski definition) is 6. The molecule has 2 rings (SSSR count). The third-order valence-electron chi connectivity index (χ3n) is 4.18. The molecule has 2 aromatic carbocycles. The first-order chi connectivity index (χ1) is 16.5. The standard InChI is InChI=1S/2C14H18O3/c2*1-3-16-14(17-4-2)11-10-13(15)12-8-6-5-7-9-12/h2*5-9,13-15H,3-4H2,1-2H3. The van der Waals surface area contributed by atoms with Gasteiger partial charge in [-0.05, 0) is 50.7 Å². The van der Waals surface area contributed by atoms with Crippen LogP contribution in [-0.2, 0) is 18.9 Å². The van der Waals surface area contributed by atoms with E-state index in [9.17, 15) is 10.2 Å². The van der Waals surface area contributed by atoms with E-state index in [-0.39, 0.29) is 0 Å². The Morgan fingerprint density at radius 1 is 0.529 bits per heavy atom. The summed E-state index contributed by atoms with van der Waals surface area (Å²) in [5.41, 5.74) is 1.54. The molecule has 6 heteroatoms. The Morgan fingerprint density at radius 2 is 0.824 bits per heavy atom. The summed E-state index contributed by atoms with van der Waals surface area (Å²) in [6, 6.07) is 18.6. The molecule has 0 aliphatic rings. The van der Waals surface area contributed by atoms with Crippen LogP contribution in [0.15, 0.2) is 60.7 Å². The second kappa shape index (κ2) is 18.7. The molecular formula is C28H36O6. The molecule has 6 nitrogen and oxygen atoms in total. The molecule has 184 valence electrons. The van der Waals surface area contributed by atoms with Crippen LogP contribution in [0, 0.1) is 23.7 Å². The fourth-order valence-electron chi connectivity index (χ4n) is 2.60. The number of aliphatic hydroxyl groups excluding tert-OH is 2. The van der Waals surface area contributed by atoms with Crippen molar-refractivity contribution in [3.63, 3.8) is 0 Å². The second-order valence-electron chi connectivity index (χ2n) is 6.69. The fraction of sp³-hybridized carbons (Fsp3) is 0.429. The lowest BCUT2D eigenvalue weighted by Gasteiger charge is -2.10. The van der Waals surface area contributed by atoms with Crippen LogP contribution >= 0.6 is 0 Å².